The van der Waals surface area contributed by atoms with Gasteiger partial charge in [-0.2, -0.15) is 0 Å². The van der Waals surface area contributed by atoms with Gasteiger partial charge < -0.3 is 19.7 Å². The van der Waals surface area contributed by atoms with E-state index >= 15 is 0 Å². The molecule has 0 saturated carbocycles. The Morgan fingerprint density at radius 1 is 1.29 bits per heavy atom. The first-order valence-electron chi connectivity index (χ1n) is 6.34. The minimum atomic E-state index is -1.03. The van der Waals surface area contributed by atoms with E-state index < -0.39 is 5.97 Å². The van der Waals surface area contributed by atoms with Crippen LogP contribution < -0.4 is 5.32 Å². The summed E-state index contributed by atoms with van der Waals surface area (Å²) in [4.78, 5) is 24.3. The van der Waals surface area contributed by atoms with E-state index in [1.54, 1.807) is 32.3 Å². The second-order valence-electron chi connectivity index (χ2n) is 4.71. The first kappa shape index (κ1) is 14.6. The molecular formula is C15H16N2O4. The fourth-order valence-corrected chi connectivity index (χ4v) is 1.83. The van der Waals surface area contributed by atoms with Crippen molar-refractivity contribution in [3.63, 3.8) is 0 Å². The van der Waals surface area contributed by atoms with Crippen molar-refractivity contribution in [1.29, 1.82) is 0 Å². The number of amides is 1. The Morgan fingerprint density at radius 3 is 2.62 bits per heavy atom. The molecule has 6 heteroatoms. The van der Waals surface area contributed by atoms with E-state index in [4.69, 9.17) is 9.52 Å². The number of furan rings is 1. The van der Waals surface area contributed by atoms with Gasteiger partial charge in [-0.15, -0.1) is 0 Å². The molecule has 0 bridgehead atoms. The number of rotatable bonds is 5. The average Bonchev–Trinajstić information content (AvgIpc) is 2.93. The maximum absolute atomic E-state index is 12.1. The second kappa shape index (κ2) is 6.13. The molecule has 1 aromatic heterocycles. The number of hydrogen-bond acceptors (Lipinski definition) is 4. The molecule has 2 N–H and O–H groups in total. The molecule has 21 heavy (non-hydrogen) atoms. The zero-order valence-electron chi connectivity index (χ0n) is 11.8. The summed E-state index contributed by atoms with van der Waals surface area (Å²) >= 11 is 0. The Kier molecular flexibility index (Phi) is 4.27. The summed E-state index contributed by atoms with van der Waals surface area (Å²) in [6.45, 7) is 0.297. The SMILES string of the molecule is CN(C)C(=O)c1ccccc1NCc1cc(C(=O)O)co1. The predicted molar refractivity (Wildman–Crippen MR) is 77.5 cm³/mol. The molecule has 0 aliphatic rings. The smallest absolute Gasteiger partial charge is 0.338 e. The summed E-state index contributed by atoms with van der Waals surface area (Å²) in [6.07, 6.45) is 1.19. The van der Waals surface area contributed by atoms with Crippen LogP contribution in [-0.4, -0.2) is 36.0 Å². The van der Waals surface area contributed by atoms with Crippen molar-refractivity contribution in [2.45, 2.75) is 6.54 Å². The van der Waals surface area contributed by atoms with Gasteiger partial charge in [-0.1, -0.05) is 12.1 Å². The normalized spacial score (nSPS) is 10.2. The number of carbonyl (C=O) groups is 2. The van der Waals surface area contributed by atoms with Crippen molar-refractivity contribution in [2.75, 3.05) is 19.4 Å². The maximum atomic E-state index is 12.1. The third-order valence-electron chi connectivity index (χ3n) is 2.92. The van der Waals surface area contributed by atoms with Crippen molar-refractivity contribution in [1.82, 2.24) is 4.90 Å². The van der Waals surface area contributed by atoms with Gasteiger partial charge in [0, 0.05) is 19.8 Å². The van der Waals surface area contributed by atoms with Gasteiger partial charge in [0.15, 0.2) is 0 Å². The Balaban J connectivity index is 2.12. The van der Waals surface area contributed by atoms with Crippen LogP contribution in [0, 0.1) is 0 Å². The highest BCUT2D eigenvalue weighted by Crippen LogP contribution is 2.18. The lowest BCUT2D eigenvalue weighted by Gasteiger charge is -2.14. The van der Waals surface area contributed by atoms with Crippen molar-refractivity contribution in [3.05, 3.63) is 53.5 Å². The zero-order valence-corrected chi connectivity index (χ0v) is 11.8. The molecule has 1 aromatic carbocycles. The molecule has 1 amide bonds. The van der Waals surface area contributed by atoms with Gasteiger partial charge >= 0.3 is 5.97 Å². The van der Waals surface area contributed by atoms with E-state index in [1.807, 2.05) is 6.07 Å². The van der Waals surface area contributed by atoms with Crippen LogP contribution in [0.15, 0.2) is 41.0 Å². The van der Waals surface area contributed by atoms with Gasteiger partial charge in [0.05, 0.1) is 17.7 Å². The molecule has 0 spiro atoms. The summed E-state index contributed by atoms with van der Waals surface area (Å²) in [5, 5.41) is 11.9. The quantitative estimate of drug-likeness (QED) is 0.882. The molecule has 0 aliphatic carbocycles. The molecule has 1 heterocycles. The number of hydrogen-bond donors (Lipinski definition) is 2. The Morgan fingerprint density at radius 2 is 2.00 bits per heavy atom. The zero-order chi connectivity index (χ0) is 15.4. The van der Waals surface area contributed by atoms with Crippen LogP contribution in [0.3, 0.4) is 0 Å². The highest BCUT2D eigenvalue weighted by atomic mass is 16.4. The molecule has 0 atom stereocenters. The van der Waals surface area contributed by atoms with Crippen LogP contribution >= 0.6 is 0 Å². The molecule has 110 valence electrons. The molecule has 0 aliphatic heterocycles. The van der Waals surface area contributed by atoms with E-state index in [-0.39, 0.29) is 11.5 Å². The van der Waals surface area contributed by atoms with Gasteiger partial charge in [0.2, 0.25) is 0 Å². The van der Waals surface area contributed by atoms with E-state index in [1.165, 1.54) is 17.2 Å². The number of benzene rings is 1. The van der Waals surface area contributed by atoms with Gasteiger partial charge in [0.1, 0.15) is 12.0 Å². The molecule has 0 unspecified atom stereocenters. The number of anilines is 1. The predicted octanol–water partition coefficient (Wildman–Crippen LogP) is 2.29. The number of nitrogens with one attached hydrogen (secondary N) is 1. The van der Waals surface area contributed by atoms with Crippen molar-refractivity contribution in [3.8, 4) is 0 Å². The summed E-state index contributed by atoms with van der Waals surface area (Å²) in [6, 6.07) is 8.58. The first-order chi connectivity index (χ1) is 9.99. The fraction of sp³-hybridized carbons (Fsp3) is 0.200. The van der Waals surface area contributed by atoms with Crippen molar-refractivity contribution >= 4 is 17.6 Å². The van der Waals surface area contributed by atoms with Crippen molar-refractivity contribution in [2.24, 2.45) is 0 Å². The Hall–Kier alpha value is -2.76. The minimum absolute atomic E-state index is 0.101. The Labute approximate surface area is 122 Å². The molecule has 0 saturated heterocycles. The lowest BCUT2D eigenvalue weighted by molar-refractivity contribution is 0.0695. The molecular weight excluding hydrogens is 272 g/mol. The van der Waals surface area contributed by atoms with Crippen LogP contribution in [-0.2, 0) is 6.54 Å². The second-order valence-corrected chi connectivity index (χ2v) is 4.71. The summed E-state index contributed by atoms with van der Waals surface area (Å²) in [5.41, 5.74) is 1.32. The topological polar surface area (TPSA) is 82.8 Å². The van der Waals surface area contributed by atoms with Crippen LogP contribution in [0.1, 0.15) is 26.5 Å². The molecule has 0 fully saturated rings. The third kappa shape index (κ3) is 3.42. The summed E-state index contributed by atoms with van der Waals surface area (Å²) in [7, 11) is 3.37. The largest absolute Gasteiger partial charge is 0.478 e. The molecule has 6 nitrogen and oxygen atoms in total. The summed E-state index contributed by atoms with van der Waals surface area (Å²) in [5.74, 6) is -0.656. The lowest BCUT2D eigenvalue weighted by Crippen LogP contribution is -2.22. The van der Waals surface area contributed by atoms with E-state index in [2.05, 4.69) is 5.32 Å². The van der Waals surface area contributed by atoms with Gasteiger partial charge in [-0.05, 0) is 18.2 Å². The average molecular weight is 288 g/mol. The van der Waals surface area contributed by atoms with E-state index in [0.29, 0.717) is 23.6 Å². The van der Waals surface area contributed by atoms with Crippen LogP contribution in [0.2, 0.25) is 0 Å². The maximum Gasteiger partial charge on any atom is 0.338 e. The summed E-state index contributed by atoms with van der Waals surface area (Å²) < 4.78 is 5.16. The molecule has 2 aromatic rings. The number of carbonyl (C=O) groups excluding carboxylic acids is 1. The third-order valence-corrected chi connectivity index (χ3v) is 2.92. The number of carboxylic acids is 1. The van der Waals surface area contributed by atoms with Gasteiger partial charge in [0.25, 0.3) is 5.91 Å². The first-order valence-corrected chi connectivity index (χ1v) is 6.34. The van der Waals surface area contributed by atoms with Crippen LogP contribution in [0.25, 0.3) is 0 Å². The fourth-order valence-electron chi connectivity index (χ4n) is 1.83. The standard InChI is InChI=1S/C15H16N2O4/c1-17(2)14(18)12-5-3-4-6-13(12)16-8-11-7-10(9-21-11)15(19)20/h3-7,9,16H,8H2,1-2H3,(H,19,20). The van der Waals surface area contributed by atoms with Gasteiger partial charge in [-0.3, -0.25) is 4.79 Å². The highest BCUT2D eigenvalue weighted by Gasteiger charge is 2.13. The number of carboxylic acid groups (broad SMARTS) is 1. The number of nitrogens with zero attached hydrogens (tertiary/aromatic N) is 1. The van der Waals surface area contributed by atoms with Crippen LogP contribution in [0.4, 0.5) is 5.69 Å². The van der Waals surface area contributed by atoms with Crippen LogP contribution in [0.5, 0.6) is 0 Å². The monoisotopic (exact) mass is 288 g/mol. The molecule has 2 rings (SSSR count). The number of para-hydroxylation sites is 1. The Bertz CT molecular complexity index is 661. The van der Waals surface area contributed by atoms with Crippen molar-refractivity contribution < 1.29 is 19.1 Å². The van der Waals surface area contributed by atoms with Gasteiger partial charge in [-0.25, -0.2) is 4.79 Å². The lowest BCUT2D eigenvalue weighted by atomic mass is 10.1. The van der Waals surface area contributed by atoms with E-state index in [9.17, 15) is 9.59 Å². The number of aromatic carboxylic acids is 1. The van der Waals surface area contributed by atoms with E-state index in [0.717, 1.165) is 0 Å². The minimum Gasteiger partial charge on any atom is -0.478 e. The highest BCUT2D eigenvalue weighted by molar-refractivity contribution is 5.99. The molecule has 0 radical (unpaired) electrons.